The molecule has 0 aliphatic heterocycles. The first-order valence-corrected chi connectivity index (χ1v) is 8.34. The first-order chi connectivity index (χ1) is 14.6. The third kappa shape index (κ3) is 2.49. The summed E-state index contributed by atoms with van der Waals surface area (Å²) in [6.45, 7) is 0. The zero-order chi connectivity index (χ0) is 25.7. The molecule has 0 bridgehead atoms. The number of carbonyl (C=O) groups is 1. The lowest BCUT2D eigenvalue weighted by Gasteiger charge is -2.52. The van der Waals surface area contributed by atoms with E-state index in [0.717, 1.165) is 0 Å². The molecular formula is C17H5F14O2-. The van der Waals surface area contributed by atoms with Gasteiger partial charge in [-0.1, -0.05) is 5.76 Å². The SMILES string of the molecule is O=C(C1=C([O-])c2cc(F)c(F)c(F)c2CC1)C1(F)C(F)(F)C(F)(F)C(F)(F)C(F)(F)C1(F)F. The Morgan fingerprint density at radius 3 is 1.58 bits per heavy atom. The van der Waals surface area contributed by atoms with Crippen LogP contribution >= 0.6 is 0 Å². The van der Waals surface area contributed by atoms with E-state index in [2.05, 4.69) is 0 Å². The van der Waals surface area contributed by atoms with Crippen molar-refractivity contribution in [1.29, 1.82) is 0 Å². The van der Waals surface area contributed by atoms with Gasteiger partial charge in [0.15, 0.2) is 17.5 Å². The van der Waals surface area contributed by atoms with Crippen molar-refractivity contribution in [2.75, 3.05) is 0 Å². The number of carbonyl (C=O) groups excluding carboxylic acids is 1. The van der Waals surface area contributed by atoms with Crippen LogP contribution in [0, 0.1) is 17.5 Å². The molecule has 2 aliphatic rings. The van der Waals surface area contributed by atoms with E-state index in [0.29, 0.717) is 0 Å². The lowest BCUT2D eigenvalue weighted by Crippen LogP contribution is -2.85. The highest BCUT2D eigenvalue weighted by molar-refractivity contribution is 6.08. The fourth-order valence-electron chi connectivity index (χ4n) is 3.54. The Morgan fingerprint density at radius 1 is 0.697 bits per heavy atom. The smallest absolute Gasteiger partial charge is 0.384 e. The van der Waals surface area contributed by atoms with E-state index in [9.17, 15) is 71.4 Å². The zero-order valence-corrected chi connectivity index (χ0v) is 15.1. The molecule has 2 nitrogen and oxygen atoms in total. The maximum Gasteiger partial charge on any atom is 0.384 e. The summed E-state index contributed by atoms with van der Waals surface area (Å²) < 4.78 is 192. The number of rotatable bonds is 2. The second-order valence-electron chi connectivity index (χ2n) is 7.18. The van der Waals surface area contributed by atoms with E-state index >= 15 is 0 Å². The normalized spacial score (nSPS) is 26.0. The maximum absolute atomic E-state index is 14.9. The van der Waals surface area contributed by atoms with E-state index in [1.807, 2.05) is 0 Å². The van der Waals surface area contributed by atoms with Gasteiger partial charge in [-0.15, -0.1) is 0 Å². The van der Waals surface area contributed by atoms with Crippen LogP contribution in [0.25, 0.3) is 5.76 Å². The highest BCUT2D eigenvalue weighted by Gasteiger charge is 3.02. The molecule has 16 heteroatoms. The van der Waals surface area contributed by atoms with Gasteiger partial charge in [-0.05, 0) is 35.6 Å². The predicted molar refractivity (Wildman–Crippen MR) is 75.1 cm³/mol. The Kier molecular flexibility index (Phi) is 4.96. The summed E-state index contributed by atoms with van der Waals surface area (Å²) in [5.74, 6) is -50.1. The molecule has 0 amide bonds. The molecule has 1 fully saturated rings. The summed E-state index contributed by atoms with van der Waals surface area (Å²) in [5, 5.41) is 12.2. The number of benzene rings is 1. The number of allylic oxidation sites excluding steroid dienone is 1. The quantitative estimate of drug-likeness (QED) is 0.435. The van der Waals surface area contributed by atoms with Crippen molar-refractivity contribution in [3.8, 4) is 0 Å². The molecule has 0 spiro atoms. The van der Waals surface area contributed by atoms with Crippen molar-refractivity contribution in [2.24, 2.45) is 0 Å². The van der Waals surface area contributed by atoms with Crippen molar-refractivity contribution in [3.63, 3.8) is 0 Å². The van der Waals surface area contributed by atoms with Crippen molar-refractivity contribution in [3.05, 3.63) is 40.2 Å². The Hall–Kier alpha value is -2.55. The van der Waals surface area contributed by atoms with Crippen molar-refractivity contribution in [1.82, 2.24) is 0 Å². The van der Waals surface area contributed by atoms with Crippen molar-refractivity contribution < 1.29 is 71.4 Å². The van der Waals surface area contributed by atoms with Gasteiger partial charge < -0.3 is 5.11 Å². The average molecular weight is 507 g/mol. The Labute approximate surface area is 172 Å². The lowest BCUT2D eigenvalue weighted by atomic mass is 9.68. The van der Waals surface area contributed by atoms with Crippen LogP contribution in [0.15, 0.2) is 11.6 Å². The largest absolute Gasteiger partial charge is 0.872 e. The van der Waals surface area contributed by atoms with Crippen molar-refractivity contribution in [2.45, 2.75) is 48.1 Å². The minimum atomic E-state index is -7.58. The number of halogens is 14. The minimum absolute atomic E-state index is 0.179. The van der Waals surface area contributed by atoms with Gasteiger partial charge in [0, 0.05) is 0 Å². The van der Waals surface area contributed by atoms with E-state index in [-0.39, 0.29) is 6.07 Å². The number of ketones is 1. The highest BCUT2D eigenvalue weighted by atomic mass is 19.4. The summed E-state index contributed by atoms with van der Waals surface area (Å²) in [7, 11) is 0. The molecule has 0 heterocycles. The first-order valence-electron chi connectivity index (χ1n) is 8.34. The van der Waals surface area contributed by atoms with Gasteiger partial charge in [0.1, 0.15) is 0 Å². The Balaban J connectivity index is 2.31. The van der Waals surface area contributed by atoms with E-state index in [1.54, 1.807) is 0 Å². The van der Waals surface area contributed by atoms with Gasteiger partial charge >= 0.3 is 35.3 Å². The molecule has 1 aromatic rings. The summed E-state index contributed by atoms with van der Waals surface area (Å²) in [4.78, 5) is 12.2. The van der Waals surface area contributed by atoms with Crippen LogP contribution in [-0.4, -0.2) is 41.1 Å². The Morgan fingerprint density at radius 2 is 1.12 bits per heavy atom. The molecule has 1 aromatic carbocycles. The summed E-state index contributed by atoms with van der Waals surface area (Å²) in [5.41, 5.74) is -11.8. The van der Waals surface area contributed by atoms with Crippen LogP contribution in [0.3, 0.4) is 0 Å². The van der Waals surface area contributed by atoms with Gasteiger partial charge in [0.05, 0.1) is 0 Å². The monoisotopic (exact) mass is 507 g/mol. The molecule has 0 atom stereocenters. The highest BCUT2D eigenvalue weighted by Crippen LogP contribution is 2.70. The summed E-state index contributed by atoms with van der Waals surface area (Å²) in [6.07, 6.45) is -2.76. The molecule has 1 saturated carbocycles. The number of Topliss-reactive ketones (excluding diaryl/α,β-unsaturated/α-hetero) is 1. The minimum Gasteiger partial charge on any atom is -0.872 e. The number of fused-ring (bicyclic) bond motifs is 1. The van der Waals surface area contributed by atoms with Crippen molar-refractivity contribution >= 4 is 11.5 Å². The van der Waals surface area contributed by atoms with Gasteiger partial charge in [-0.25, -0.2) is 17.6 Å². The fourth-order valence-corrected chi connectivity index (χ4v) is 3.54. The molecular weight excluding hydrogens is 502 g/mol. The third-order valence-corrected chi connectivity index (χ3v) is 5.44. The molecule has 2 aliphatic carbocycles. The molecule has 0 saturated heterocycles. The second kappa shape index (κ2) is 6.52. The predicted octanol–water partition coefficient (Wildman–Crippen LogP) is 4.59. The molecule has 3 rings (SSSR count). The molecule has 0 aromatic heterocycles. The Bertz CT molecular complexity index is 1060. The molecule has 0 radical (unpaired) electrons. The van der Waals surface area contributed by atoms with Crippen LogP contribution in [0.5, 0.6) is 0 Å². The zero-order valence-electron chi connectivity index (χ0n) is 15.1. The second-order valence-corrected chi connectivity index (χ2v) is 7.18. The number of hydrogen-bond donors (Lipinski definition) is 0. The van der Waals surface area contributed by atoms with Crippen LogP contribution < -0.4 is 5.11 Å². The summed E-state index contributed by atoms with van der Waals surface area (Å²) >= 11 is 0. The van der Waals surface area contributed by atoms with Gasteiger partial charge in [-0.2, -0.15) is 43.9 Å². The molecule has 0 unspecified atom stereocenters. The van der Waals surface area contributed by atoms with Crippen LogP contribution in [-0.2, 0) is 11.2 Å². The van der Waals surface area contributed by atoms with Gasteiger partial charge in [-0.3, -0.25) is 4.79 Å². The first kappa shape index (κ1) is 25.1. The fraction of sp³-hybridized carbons (Fsp3) is 0.471. The summed E-state index contributed by atoms with van der Waals surface area (Å²) in [6, 6.07) is -0.179. The van der Waals surface area contributed by atoms with Crippen LogP contribution in [0.4, 0.5) is 61.5 Å². The van der Waals surface area contributed by atoms with E-state index in [1.165, 1.54) is 0 Å². The average Bonchev–Trinajstić information content (AvgIpc) is 2.70. The van der Waals surface area contributed by atoms with E-state index < -0.39 is 93.8 Å². The van der Waals surface area contributed by atoms with Crippen LogP contribution in [0.2, 0.25) is 0 Å². The van der Waals surface area contributed by atoms with Gasteiger partial charge in [0.2, 0.25) is 5.78 Å². The molecule has 33 heavy (non-hydrogen) atoms. The molecule has 184 valence electrons. The maximum atomic E-state index is 14.9. The number of hydrogen-bond acceptors (Lipinski definition) is 2. The van der Waals surface area contributed by atoms with E-state index in [4.69, 9.17) is 0 Å². The standard InChI is InChI=1S/C17H6F14O2/c18-7-3-6-4(8(19)9(7)20)1-2-5(10(6)32)11(33)12(21)13(22,23)15(26,27)17(30,31)16(28,29)14(12,24)25/h3,32H,1-2H2/p-1. The lowest BCUT2D eigenvalue weighted by molar-refractivity contribution is -0.475. The number of alkyl halides is 11. The van der Waals surface area contributed by atoms with Gasteiger partial charge in [0.25, 0.3) is 0 Å². The third-order valence-electron chi connectivity index (χ3n) is 5.44. The molecule has 0 N–H and O–H groups in total. The van der Waals surface area contributed by atoms with Crippen LogP contribution in [0.1, 0.15) is 17.5 Å². The topological polar surface area (TPSA) is 40.1 Å².